The zero-order chi connectivity index (χ0) is 14.1. The summed E-state index contributed by atoms with van der Waals surface area (Å²) >= 11 is 5.49. The highest BCUT2D eigenvalue weighted by Gasteiger charge is 2.01. The first-order valence-electron chi connectivity index (χ1n) is 6.66. The monoisotopic (exact) mass is 283 g/mol. The second-order valence-corrected chi connectivity index (χ2v) is 5.27. The van der Waals surface area contributed by atoms with Crippen LogP contribution >= 0.6 is 11.6 Å². The molecule has 1 rings (SSSR count). The molecular weight excluding hydrogens is 262 g/mol. The second kappa shape index (κ2) is 8.81. The number of rotatable bonds is 8. The van der Waals surface area contributed by atoms with Crippen LogP contribution in [0.15, 0.2) is 24.3 Å². The van der Waals surface area contributed by atoms with E-state index >= 15 is 0 Å². The number of benzene rings is 1. The molecule has 0 aliphatic heterocycles. The summed E-state index contributed by atoms with van der Waals surface area (Å²) in [5.74, 6) is 1.86. The van der Waals surface area contributed by atoms with Crippen molar-refractivity contribution in [3.8, 4) is 5.75 Å². The number of nitrogens with one attached hydrogen (secondary N) is 1. The minimum absolute atomic E-state index is 0.0211. The molecule has 0 saturated carbocycles. The molecule has 19 heavy (non-hydrogen) atoms. The standard InChI is InChI=1S/C15H22ClNO2/c1-12(2)8-10-19-14-5-3-13(4-6-14)11-17-15(18)7-9-16/h3-6,12H,7-11H2,1-2H3,(H,17,18). The molecule has 0 fully saturated rings. The van der Waals surface area contributed by atoms with E-state index in [2.05, 4.69) is 19.2 Å². The summed E-state index contributed by atoms with van der Waals surface area (Å²) < 4.78 is 5.63. The normalized spacial score (nSPS) is 10.5. The van der Waals surface area contributed by atoms with Gasteiger partial charge in [0.1, 0.15) is 5.75 Å². The fourth-order valence-corrected chi connectivity index (χ4v) is 1.66. The summed E-state index contributed by atoms with van der Waals surface area (Å²) in [4.78, 5) is 11.3. The average Bonchev–Trinajstić information content (AvgIpc) is 2.38. The first-order chi connectivity index (χ1) is 9.11. The van der Waals surface area contributed by atoms with Gasteiger partial charge in [0.2, 0.25) is 5.91 Å². The van der Waals surface area contributed by atoms with Crippen molar-refractivity contribution in [2.45, 2.75) is 33.2 Å². The second-order valence-electron chi connectivity index (χ2n) is 4.89. The van der Waals surface area contributed by atoms with Gasteiger partial charge in [0, 0.05) is 18.8 Å². The maximum atomic E-state index is 11.3. The molecule has 0 aromatic heterocycles. The van der Waals surface area contributed by atoms with Gasteiger partial charge in [0.25, 0.3) is 0 Å². The third-order valence-corrected chi connectivity index (χ3v) is 2.89. The topological polar surface area (TPSA) is 38.3 Å². The molecule has 0 bridgehead atoms. The van der Waals surface area contributed by atoms with E-state index in [1.54, 1.807) is 0 Å². The highest BCUT2D eigenvalue weighted by molar-refractivity contribution is 6.18. The summed E-state index contributed by atoms with van der Waals surface area (Å²) in [6, 6.07) is 7.80. The molecular formula is C15H22ClNO2. The van der Waals surface area contributed by atoms with Gasteiger partial charge in [0.05, 0.1) is 6.61 Å². The molecule has 106 valence electrons. The molecule has 0 aliphatic rings. The highest BCUT2D eigenvalue weighted by Crippen LogP contribution is 2.13. The summed E-state index contributed by atoms with van der Waals surface area (Å²) in [6.45, 7) is 5.62. The first-order valence-corrected chi connectivity index (χ1v) is 7.19. The van der Waals surface area contributed by atoms with Gasteiger partial charge in [-0.15, -0.1) is 11.6 Å². The van der Waals surface area contributed by atoms with E-state index in [4.69, 9.17) is 16.3 Å². The molecule has 0 atom stereocenters. The molecule has 4 heteroatoms. The van der Waals surface area contributed by atoms with Gasteiger partial charge in [0.15, 0.2) is 0 Å². The Bertz CT molecular complexity index is 376. The Morgan fingerprint density at radius 1 is 1.32 bits per heavy atom. The molecule has 1 N–H and O–H groups in total. The fraction of sp³-hybridized carbons (Fsp3) is 0.533. The van der Waals surface area contributed by atoms with Gasteiger partial charge in [-0.1, -0.05) is 26.0 Å². The number of ether oxygens (including phenoxy) is 1. The van der Waals surface area contributed by atoms with Crippen LogP contribution in [-0.4, -0.2) is 18.4 Å². The van der Waals surface area contributed by atoms with Crippen LogP contribution in [0.3, 0.4) is 0 Å². The SMILES string of the molecule is CC(C)CCOc1ccc(CNC(=O)CCCl)cc1. The number of alkyl halides is 1. The zero-order valence-electron chi connectivity index (χ0n) is 11.6. The highest BCUT2D eigenvalue weighted by atomic mass is 35.5. The number of carbonyl (C=O) groups excluding carboxylic acids is 1. The largest absolute Gasteiger partial charge is 0.494 e. The Balaban J connectivity index is 2.33. The molecule has 0 radical (unpaired) electrons. The molecule has 0 spiro atoms. The molecule has 1 aromatic carbocycles. The van der Waals surface area contributed by atoms with Gasteiger partial charge >= 0.3 is 0 Å². The van der Waals surface area contributed by atoms with Crippen molar-refractivity contribution >= 4 is 17.5 Å². The van der Waals surface area contributed by atoms with Gasteiger partial charge in [-0.05, 0) is 30.0 Å². The molecule has 0 aliphatic carbocycles. The van der Waals surface area contributed by atoms with E-state index in [-0.39, 0.29) is 5.91 Å². The van der Waals surface area contributed by atoms with Crippen LogP contribution in [0.2, 0.25) is 0 Å². The van der Waals surface area contributed by atoms with Crippen LogP contribution in [0.4, 0.5) is 0 Å². The van der Waals surface area contributed by atoms with Gasteiger partial charge in [-0.25, -0.2) is 0 Å². The maximum Gasteiger partial charge on any atom is 0.221 e. The Labute approximate surface area is 120 Å². The van der Waals surface area contributed by atoms with Gasteiger partial charge in [-0.2, -0.15) is 0 Å². The Hall–Kier alpha value is -1.22. The molecule has 1 aromatic rings. The van der Waals surface area contributed by atoms with Crippen molar-refractivity contribution in [3.05, 3.63) is 29.8 Å². The quantitative estimate of drug-likeness (QED) is 0.743. The lowest BCUT2D eigenvalue weighted by Gasteiger charge is -2.09. The third kappa shape index (κ3) is 7.06. The molecule has 0 heterocycles. The van der Waals surface area contributed by atoms with Crippen molar-refractivity contribution in [2.24, 2.45) is 5.92 Å². The lowest BCUT2D eigenvalue weighted by atomic mass is 10.1. The van der Waals surface area contributed by atoms with Gasteiger partial charge in [-0.3, -0.25) is 4.79 Å². The predicted octanol–water partition coefficient (Wildman–Crippen LogP) is 3.36. The number of hydrogen-bond acceptors (Lipinski definition) is 2. The zero-order valence-corrected chi connectivity index (χ0v) is 12.4. The van der Waals surface area contributed by atoms with E-state index < -0.39 is 0 Å². The maximum absolute atomic E-state index is 11.3. The first kappa shape index (κ1) is 15.8. The van der Waals surface area contributed by atoms with E-state index in [0.717, 1.165) is 24.3 Å². The minimum Gasteiger partial charge on any atom is -0.494 e. The van der Waals surface area contributed by atoms with Crippen LogP contribution in [-0.2, 0) is 11.3 Å². The number of carbonyl (C=O) groups is 1. The van der Waals surface area contributed by atoms with Crippen molar-refractivity contribution < 1.29 is 9.53 Å². The van der Waals surface area contributed by atoms with Crippen LogP contribution in [0.5, 0.6) is 5.75 Å². The molecule has 3 nitrogen and oxygen atoms in total. The van der Waals surface area contributed by atoms with Crippen LogP contribution in [0, 0.1) is 5.92 Å². The van der Waals surface area contributed by atoms with E-state index in [1.807, 2.05) is 24.3 Å². The Kier molecular flexibility index (Phi) is 7.34. The molecule has 0 saturated heterocycles. The van der Waals surface area contributed by atoms with Crippen LogP contribution in [0.25, 0.3) is 0 Å². The number of halogens is 1. The molecule has 1 amide bonds. The van der Waals surface area contributed by atoms with Crippen molar-refractivity contribution in [3.63, 3.8) is 0 Å². The van der Waals surface area contributed by atoms with Crippen molar-refractivity contribution in [2.75, 3.05) is 12.5 Å². The van der Waals surface area contributed by atoms with Gasteiger partial charge < -0.3 is 10.1 Å². The number of amides is 1. The average molecular weight is 284 g/mol. The van der Waals surface area contributed by atoms with Crippen molar-refractivity contribution in [1.29, 1.82) is 0 Å². The van der Waals surface area contributed by atoms with Crippen LogP contribution in [0.1, 0.15) is 32.3 Å². The molecule has 0 unspecified atom stereocenters. The Morgan fingerprint density at radius 2 is 2.00 bits per heavy atom. The summed E-state index contributed by atoms with van der Waals surface area (Å²) in [6.07, 6.45) is 1.41. The Morgan fingerprint density at radius 3 is 2.58 bits per heavy atom. The lowest BCUT2D eigenvalue weighted by Crippen LogP contribution is -2.22. The van der Waals surface area contributed by atoms with Crippen molar-refractivity contribution in [1.82, 2.24) is 5.32 Å². The number of hydrogen-bond donors (Lipinski definition) is 1. The summed E-state index contributed by atoms with van der Waals surface area (Å²) in [7, 11) is 0. The fourth-order valence-electron chi connectivity index (χ4n) is 1.49. The van der Waals surface area contributed by atoms with Crippen LogP contribution < -0.4 is 10.1 Å². The smallest absolute Gasteiger partial charge is 0.221 e. The summed E-state index contributed by atoms with van der Waals surface area (Å²) in [5, 5.41) is 2.81. The van der Waals surface area contributed by atoms with E-state index in [0.29, 0.717) is 24.8 Å². The predicted molar refractivity (Wildman–Crippen MR) is 78.6 cm³/mol. The lowest BCUT2D eigenvalue weighted by molar-refractivity contribution is -0.120. The summed E-state index contributed by atoms with van der Waals surface area (Å²) in [5.41, 5.74) is 1.05. The third-order valence-electron chi connectivity index (χ3n) is 2.70. The minimum atomic E-state index is -0.0211. The van der Waals surface area contributed by atoms with E-state index in [1.165, 1.54) is 0 Å². The van der Waals surface area contributed by atoms with E-state index in [9.17, 15) is 4.79 Å².